The fourth-order valence-electron chi connectivity index (χ4n) is 3.96. The monoisotopic (exact) mass is 421 g/mol. The summed E-state index contributed by atoms with van der Waals surface area (Å²) in [5.74, 6) is -0.0817. The number of ether oxygens (including phenoxy) is 1. The lowest BCUT2D eigenvalue weighted by Crippen LogP contribution is -2.14. The van der Waals surface area contributed by atoms with Crippen molar-refractivity contribution in [2.45, 2.75) is 19.9 Å². The zero-order valence-corrected chi connectivity index (χ0v) is 17.4. The first-order chi connectivity index (χ1) is 15.0. The fraction of sp³-hybridized carbons (Fsp3) is 0.250. The molecular formula is C24H24FN3O3. The summed E-state index contributed by atoms with van der Waals surface area (Å²) in [6, 6.07) is 12.1. The van der Waals surface area contributed by atoms with E-state index >= 15 is 0 Å². The molecule has 0 bridgehead atoms. The number of aliphatic hydroxyl groups excluding tert-OH is 1. The van der Waals surface area contributed by atoms with E-state index in [2.05, 4.69) is 10.2 Å². The second-order valence-corrected chi connectivity index (χ2v) is 7.61. The molecule has 7 heteroatoms. The predicted molar refractivity (Wildman–Crippen MR) is 117 cm³/mol. The molecule has 2 N–H and O–H groups in total. The number of halogens is 1. The molecule has 1 atom stereocenters. The van der Waals surface area contributed by atoms with Crippen molar-refractivity contribution < 1.29 is 19.0 Å². The molecule has 0 aliphatic carbocycles. The Morgan fingerprint density at radius 1 is 1.29 bits per heavy atom. The van der Waals surface area contributed by atoms with Crippen LogP contribution in [0.5, 0.6) is 5.88 Å². The quantitative estimate of drug-likeness (QED) is 0.417. The van der Waals surface area contributed by atoms with Crippen molar-refractivity contribution >= 4 is 16.7 Å². The number of aromatic amines is 1. The number of H-pyrrole nitrogens is 1. The highest BCUT2D eigenvalue weighted by molar-refractivity contribution is 6.09. The second kappa shape index (κ2) is 8.73. The average molecular weight is 421 g/mol. The lowest BCUT2D eigenvalue weighted by Gasteiger charge is -2.10. The van der Waals surface area contributed by atoms with E-state index in [-0.39, 0.29) is 24.1 Å². The van der Waals surface area contributed by atoms with Gasteiger partial charge in [-0.3, -0.25) is 4.79 Å². The molecule has 6 nitrogen and oxygen atoms in total. The number of carbonyl (C=O) groups excluding carboxylic acids is 1. The van der Waals surface area contributed by atoms with Crippen LogP contribution in [0.15, 0.2) is 54.9 Å². The summed E-state index contributed by atoms with van der Waals surface area (Å²) in [5.41, 5.74) is 3.93. The highest BCUT2D eigenvalue weighted by Gasteiger charge is 2.22. The normalized spacial score (nSPS) is 12.3. The van der Waals surface area contributed by atoms with E-state index in [0.29, 0.717) is 24.4 Å². The van der Waals surface area contributed by atoms with Crippen molar-refractivity contribution in [3.05, 3.63) is 71.8 Å². The summed E-state index contributed by atoms with van der Waals surface area (Å²) < 4.78 is 20.7. The van der Waals surface area contributed by atoms with E-state index in [4.69, 9.17) is 4.74 Å². The van der Waals surface area contributed by atoms with Gasteiger partial charge in [0.05, 0.1) is 25.5 Å². The molecule has 2 heterocycles. The number of rotatable bonds is 8. The molecule has 4 aromatic rings. The minimum Gasteiger partial charge on any atom is -0.481 e. The van der Waals surface area contributed by atoms with Crippen molar-refractivity contribution in [2.24, 2.45) is 5.92 Å². The smallest absolute Gasteiger partial charge is 0.216 e. The first-order valence-electron chi connectivity index (χ1n) is 10.1. The first kappa shape index (κ1) is 20.8. The highest BCUT2D eigenvalue weighted by atomic mass is 19.1. The van der Waals surface area contributed by atoms with Gasteiger partial charge in [-0.05, 0) is 35.7 Å². The minimum atomic E-state index is -0.316. The zero-order valence-electron chi connectivity index (χ0n) is 17.4. The van der Waals surface area contributed by atoms with Crippen LogP contribution in [0.25, 0.3) is 22.0 Å². The van der Waals surface area contributed by atoms with Gasteiger partial charge in [-0.2, -0.15) is 5.10 Å². The van der Waals surface area contributed by atoms with Crippen LogP contribution in [-0.2, 0) is 13.0 Å². The molecule has 2 aromatic carbocycles. The van der Waals surface area contributed by atoms with E-state index in [1.807, 2.05) is 35.8 Å². The molecule has 31 heavy (non-hydrogen) atoms. The number of methoxy groups -OCH3 is 1. The first-order valence-corrected chi connectivity index (χ1v) is 10.1. The van der Waals surface area contributed by atoms with Crippen LogP contribution in [0.2, 0.25) is 0 Å². The lowest BCUT2D eigenvalue weighted by atomic mass is 9.92. The van der Waals surface area contributed by atoms with Crippen LogP contribution in [0.4, 0.5) is 4.39 Å². The summed E-state index contributed by atoms with van der Waals surface area (Å²) in [7, 11) is 1.57. The van der Waals surface area contributed by atoms with Crippen LogP contribution in [0, 0.1) is 11.7 Å². The molecule has 4 rings (SSSR count). The van der Waals surface area contributed by atoms with Gasteiger partial charge in [0.1, 0.15) is 5.82 Å². The number of ketones is 1. The van der Waals surface area contributed by atoms with Crippen molar-refractivity contribution in [3.63, 3.8) is 0 Å². The molecule has 0 aliphatic rings. The minimum absolute atomic E-state index is 0.0143. The van der Waals surface area contributed by atoms with E-state index in [1.165, 1.54) is 12.1 Å². The van der Waals surface area contributed by atoms with Gasteiger partial charge in [0.2, 0.25) is 5.88 Å². The summed E-state index contributed by atoms with van der Waals surface area (Å²) >= 11 is 0. The molecule has 0 amide bonds. The van der Waals surface area contributed by atoms with Gasteiger partial charge in [-0.25, -0.2) is 9.49 Å². The number of Topliss-reactive ketones (excluding diaryl/α,β-unsaturated/α-hetero) is 1. The third-order valence-electron chi connectivity index (χ3n) is 5.49. The Bertz CT molecular complexity index is 1230. The van der Waals surface area contributed by atoms with Crippen molar-refractivity contribution in [1.29, 1.82) is 0 Å². The number of nitrogens with one attached hydrogen (secondary N) is 1. The summed E-state index contributed by atoms with van der Waals surface area (Å²) in [4.78, 5) is 13.3. The summed E-state index contributed by atoms with van der Waals surface area (Å²) in [5, 5.41) is 17.2. The van der Waals surface area contributed by atoms with Gasteiger partial charge in [0.25, 0.3) is 0 Å². The molecule has 1 unspecified atom stereocenters. The molecular weight excluding hydrogens is 397 g/mol. The van der Waals surface area contributed by atoms with Crippen LogP contribution < -0.4 is 4.74 Å². The molecule has 0 fully saturated rings. The molecule has 0 aliphatic heterocycles. The largest absolute Gasteiger partial charge is 0.481 e. The average Bonchev–Trinajstić information content (AvgIpc) is 3.38. The number of aliphatic hydroxyl groups is 1. The van der Waals surface area contributed by atoms with Crippen molar-refractivity contribution in [3.8, 4) is 17.0 Å². The van der Waals surface area contributed by atoms with Crippen molar-refractivity contribution in [1.82, 2.24) is 14.8 Å². The topological polar surface area (TPSA) is 80.1 Å². The Kier molecular flexibility index (Phi) is 5.86. The zero-order chi connectivity index (χ0) is 22.0. The number of carbonyl (C=O) groups is 1. The van der Waals surface area contributed by atoms with Crippen LogP contribution >= 0.6 is 0 Å². The molecule has 0 saturated heterocycles. The van der Waals surface area contributed by atoms with Gasteiger partial charge < -0.3 is 14.4 Å². The van der Waals surface area contributed by atoms with E-state index in [0.717, 1.165) is 27.6 Å². The van der Waals surface area contributed by atoms with Gasteiger partial charge in [0.15, 0.2) is 5.78 Å². The third-order valence-corrected chi connectivity index (χ3v) is 5.49. The fourth-order valence-corrected chi connectivity index (χ4v) is 3.96. The van der Waals surface area contributed by atoms with Gasteiger partial charge >= 0.3 is 0 Å². The molecule has 0 saturated carbocycles. The number of hydrogen-bond acceptors (Lipinski definition) is 4. The van der Waals surface area contributed by atoms with Crippen molar-refractivity contribution in [2.75, 3.05) is 13.7 Å². The van der Waals surface area contributed by atoms with E-state index in [9.17, 15) is 14.3 Å². The SMILES string of the molecule is COc1[nH]ncc1-c1ccc2c(C(=O)C(C)Cc3cccc(F)c3)cn(CCO)c2c1. The van der Waals surface area contributed by atoms with Gasteiger partial charge in [0, 0.05) is 35.1 Å². The lowest BCUT2D eigenvalue weighted by molar-refractivity contribution is 0.0930. The third kappa shape index (κ3) is 4.09. The van der Waals surface area contributed by atoms with Crippen LogP contribution in [0.1, 0.15) is 22.8 Å². The maximum atomic E-state index is 13.5. The number of hydrogen-bond donors (Lipinski definition) is 2. The molecule has 0 spiro atoms. The standard InChI is InChI=1S/C24H24FN3O3/c1-15(10-16-4-3-5-18(25)11-16)23(30)21-14-28(8-9-29)22-12-17(6-7-19(21)22)20-13-26-27-24(20)31-2/h3-7,11-15,29H,8-10H2,1-2H3,(H,26,27). The maximum Gasteiger partial charge on any atom is 0.216 e. The van der Waals surface area contributed by atoms with Crippen LogP contribution in [-0.4, -0.2) is 39.4 Å². The second-order valence-electron chi connectivity index (χ2n) is 7.61. The van der Waals surface area contributed by atoms with E-state index in [1.54, 1.807) is 25.6 Å². The molecule has 0 radical (unpaired) electrons. The van der Waals surface area contributed by atoms with Gasteiger partial charge in [-0.1, -0.05) is 31.2 Å². The number of aromatic nitrogens is 3. The Labute approximate surface area is 179 Å². The van der Waals surface area contributed by atoms with Crippen LogP contribution in [0.3, 0.4) is 0 Å². The molecule has 160 valence electrons. The summed E-state index contributed by atoms with van der Waals surface area (Å²) in [6.45, 7) is 2.18. The van der Waals surface area contributed by atoms with Gasteiger partial charge in [-0.15, -0.1) is 0 Å². The molecule has 2 aromatic heterocycles. The number of nitrogens with zero attached hydrogens (tertiary/aromatic N) is 2. The summed E-state index contributed by atoms with van der Waals surface area (Å²) in [6.07, 6.45) is 3.93. The highest BCUT2D eigenvalue weighted by Crippen LogP contribution is 2.33. The Hall–Kier alpha value is -3.45. The van der Waals surface area contributed by atoms with E-state index < -0.39 is 0 Å². The number of fused-ring (bicyclic) bond motifs is 1. The Morgan fingerprint density at radius 3 is 2.87 bits per heavy atom. The Balaban J connectivity index is 1.71. The predicted octanol–water partition coefficient (Wildman–Crippen LogP) is 4.23. The Morgan fingerprint density at radius 2 is 2.13 bits per heavy atom. The number of benzene rings is 2. The maximum absolute atomic E-state index is 13.5.